The molecule has 2 aromatic rings. The minimum absolute atomic E-state index is 0.204. The summed E-state index contributed by atoms with van der Waals surface area (Å²) >= 11 is 23.1. The molecule has 0 saturated heterocycles. The lowest BCUT2D eigenvalue weighted by atomic mass is 10.1. The van der Waals surface area contributed by atoms with Crippen molar-refractivity contribution >= 4 is 62.1 Å². The minimum Gasteiger partial charge on any atom is -0.127 e. The van der Waals surface area contributed by atoms with Gasteiger partial charge in [-0.3, -0.25) is 0 Å². The van der Waals surface area contributed by atoms with E-state index in [4.69, 9.17) is 34.8 Å². The quantitative estimate of drug-likeness (QED) is 0.567. The minimum atomic E-state index is -0.204. The molecular formula is C11H6BrCl3S. The number of hydrogen-bond acceptors (Lipinski definition) is 1. The van der Waals surface area contributed by atoms with Gasteiger partial charge in [-0.2, -0.15) is 0 Å². The van der Waals surface area contributed by atoms with Crippen molar-refractivity contribution in [3.63, 3.8) is 0 Å². The summed E-state index contributed by atoms with van der Waals surface area (Å²) in [4.78, 5) is 1.02. The molecule has 84 valence electrons. The van der Waals surface area contributed by atoms with Crippen molar-refractivity contribution < 1.29 is 0 Å². The largest absolute Gasteiger partial charge is 0.127 e. The van der Waals surface area contributed by atoms with Crippen LogP contribution in [0.3, 0.4) is 0 Å². The smallest absolute Gasteiger partial charge is 0.0939 e. The molecule has 0 aliphatic heterocycles. The van der Waals surface area contributed by atoms with Gasteiger partial charge in [-0.05, 0) is 29.8 Å². The van der Waals surface area contributed by atoms with Crippen molar-refractivity contribution in [3.05, 3.63) is 54.6 Å². The normalized spacial score (nSPS) is 12.8. The van der Waals surface area contributed by atoms with Gasteiger partial charge >= 0.3 is 0 Å². The molecule has 5 heteroatoms. The van der Waals surface area contributed by atoms with Crippen LogP contribution in [0, 0.1) is 0 Å². The van der Waals surface area contributed by atoms with Crippen LogP contribution in [-0.2, 0) is 0 Å². The Labute approximate surface area is 121 Å². The van der Waals surface area contributed by atoms with E-state index in [9.17, 15) is 0 Å². The zero-order valence-electron chi connectivity index (χ0n) is 7.88. The summed E-state index contributed by atoms with van der Waals surface area (Å²) in [5, 5.41) is 0.479. The summed E-state index contributed by atoms with van der Waals surface area (Å²) in [6.45, 7) is 0. The molecule has 0 radical (unpaired) electrons. The van der Waals surface area contributed by atoms with E-state index in [-0.39, 0.29) is 5.38 Å². The Morgan fingerprint density at radius 2 is 1.88 bits per heavy atom. The summed E-state index contributed by atoms with van der Waals surface area (Å²) in [6, 6.07) is 9.36. The van der Waals surface area contributed by atoms with Crippen molar-refractivity contribution in [1.29, 1.82) is 0 Å². The lowest BCUT2D eigenvalue weighted by molar-refractivity contribution is 1.17. The molecule has 0 N–H and O–H groups in total. The van der Waals surface area contributed by atoms with Crippen LogP contribution in [0.1, 0.15) is 15.8 Å². The van der Waals surface area contributed by atoms with Crippen LogP contribution in [0.4, 0.5) is 0 Å². The molecule has 1 aromatic heterocycles. The standard InChI is InChI=1S/C11H6BrCl3S/c12-8-5-6(13)1-2-7(8)11(15)9-3-4-10(14)16-9/h1-5,11H. The van der Waals surface area contributed by atoms with E-state index in [1.54, 1.807) is 0 Å². The van der Waals surface area contributed by atoms with E-state index in [1.807, 2.05) is 30.3 Å². The predicted octanol–water partition coefficient (Wildman–Crippen LogP) is 6.15. The number of hydrogen-bond donors (Lipinski definition) is 0. The molecule has 16 heavy (non-hydrogen) atoms. The van der Waals surface area contributed by atoms with Gasteiger partial charge in [0.15, 0.2) is 0 Å². The Hall–Kier alpha value is 0.270. The Kier molecular flexibility index (Phi) is 4.20. The van der Waals surface area contributed by atoms with Gasteiger partial charge in [0.1, 0.15) is 0 Å². The first-order chi connectivity index (χ1) is 7.58. The highest BCUT2D eigenvalue weighted by atomic mass is 79.9. The third kappa shape index (κ3) is 2.74. The van der Waals surface area contributed by atoms with Gasteiger partial charge < -0.3 is 0 Å². The third-order valence-corrected chi connectivity index (χ3v) is 4.90. The number of benzene rings is 1. The number of thiophene rings is 1. The van der Waals surface area contributed by atoms with Crippen LogP contribution >= 0.6 is 62.1 Å². The van der Waals surface area contributed by atoms with Crippen LogP contribution in [0.15, 0.2) is 34.8 Å². The zero-order valence-corrected chi connectivity index (χ0v) is 12.6. The van der Waals surface area contributed by atoms with Crippen molar-refractivity contribution in [2.24, 2.45) is 0 Å². The van der Waals surface area contributed by atoms with E-state index >= 15 is 0 Å². The van der Waals surface area contributed by atoms with Crippen LogP contribution in [0.2, 0.25) is 9.36 Å². The highest BCUT2D eigenvalue weighted by Crippen LogP contribution is 2.39. The SMILES string of the molecule is Clc1ccc(C(Cl)c2ccc(Cl)s2)c(Br)c1. The average Bonchev–Trinajstić information content (AvgIpc) is 2.64. The van der Waals surface area contributed by atoms with Crippen molar-refractivity contribution in [3.8, 4) is 0 Å². The molecule has 1 aromatic carbocycles. The fourth-order valence-corrected chi connectivity index (χ4v) is 3.82. The molecule has 0 saturated carbocycles. The Bertz CT molecular complexity index is 510. The predicted molar refractivity (Wildman–Crippen MR) is 76.2 cm³/mol. The van der Waals surface area contributed by atoms with Gasteiger partial charge in [0.05, 0.1) is 9.71 Å². The second-order valence-corrected chi connectivity index (χ2v) is 6.64. The summed E-state index contributed by atoms with van der Waals surface area (Å²) in [5.41, 5.74) is 0.990. The Morgan fingerprint density at radius 1 is 1.12 bits per heavy atom. The van der Waals surface area contributed by atoms with Gasteiger partial charge in [0.25, 0.3) is 0 Å². The maximum Gasteiger partial charge on any atom is 0.0939 e. The van der Waals surface area contributed by atoms with Gasteiger partial charge in [-0.1, -0.05) is 45.2 Å². The van der Waals surface area contributed by atoms with Crippen molar-refractivity contribution in [2.75, 3.05) is 0 Å². The topological polar surface area (TPSA) is 0 Å². The van der Waals surface area contributed by atoms with E-state index < -0.39 is 0 Å². The second kappa shape index (κ2) is 5.28. The van der Waals surface area contributed by atoms with E-state index in [1.165, 1.54) is 11.3 Å². The first kappa shape index (κ1) is 12.7. The Balaban J connectivity index is 2.37. The maximum atomic E-state index is 6.38. The highest BCUT2D eigenvalue weighted by molar-refractivity contribution is 9.10. The monoisotopic (exact) mass is 354 g/mol. The molecule has 0 fully saturated rings. The first-order valence-electron chi connectivity index (χ1n) is 4.42. The first-order valence-corrected chi connectivity index (χ1v) is 7.22. The molecule has 0 aliphatic rings. The van der Waals surface area contributed by atoms with Gasteiger partial charge in [0.2, 0.25) is 0 Å². The lowest BCUT2D eigenvalue weighted by Crippen LogP contribution is -1.91. The Morgan fingerprint density at radius 3 is 2.44 bits per heavy atom. The maximum absolute atomic E-state index is 6.38. The third-order valence-electron chi connectivity index (χ3n) is 2.08. The zero-order chi connectivity index (χ0) is 11.7. The summed E-state index contributed by atoms with van der Waals surface area (Å²) < 4.78 is 1.65. The highest BCUT2D eigenvalue weighted by Gasteiger charge is 2.15. The molecule has 1 unspecified atom stereocenters. The van der Waals surface area contributed by atoms with Crippen LogP contribution in [-0.4, -0.2) is 0 Å². The van der Waals surface area contributed by atoms with E-state index in [0.29, 0.717) is 5.02 Å². The van der Waals surface area contributed by atoms with Crippen LogP contribution in [0.5, 0.6) is 0 Å². The van der Waals surface area contributed by atoms with E-state index in [0.717, 1.165) is 19.2 Å². The number of alkyl halides is 1. The molecule has 0 nitrogen and oxygen atoms in total. The fraction of sp³-hybridized carbons (Fsp3) is 0.0909. The molecular weight excluding hydrogens is 350 g/mol. The molecule has 1 heterocycles. The molecule has 0 amide bonds. The molecule has 0 bridgehead atoms. The van der Waals surface area contributed by atoms with Gasteiger partial charge in [-0.15, -0.1) is 22.9 Å². The van der Waals surface area contributed by atoms with Gasteiger partial charge in [-0.25, -0.2) is 0 Å². The van der Waals surface area contributed by atoms with Crippen LogP contribution < -0.4 is 0 Å². The van der Waals surface area contributed by atoms with Crippen LogP contribution in [0.25, 0.3) is 0 Å². The second-order valence-electron chi connectivity index (χ2n) is 3.17. The summed E-state index contributed by atoms with van der Waals surface area (Å²) in [6.07, 6.45) is 0. The number of rotatable bonds is 2. The molecule has 0 aliphatic carbocycles. The van der Waals surface area contributed by atoms with Crippen molar-refractivity contribution in [1.82, 2.24) is 0 Å². The van der Waals surface area contributed by atoms with Crippen molar-refractivity contribution in [2.45, 2.75) is 5.38 Å². The fourth-order valence-electron chi connectivity index (χ4n) is 1.32. The number of halogens is 4. The van der Waals surface area contributed by atoms with Gasteiger partial charge in [0, 0.05) is 14.4 Å². The molecule has 0 spiro atoms. The molecule has 1 atom stereocenters. The summed E-state index contributed by atoms with van der Waals surface area (Å²) in [5.74, 6) is 0. The van der Waals surface area contributed by atoms with E-state index in [2.05, 4.69) is 15.9 Å². The summed E-state index contributed by atoms with van der Waals surface area (Å²) in [7, 11) is 0. The molecule has 2 rings (SSSR count). The lowest BCUT2D eigenvalue weighted by Gasteiger charge is -2.10. The average molecular weight is 356 g/mol.